The summed E-state index contributed by atoms with van der Waals surface area (Å²) in [5.41, 5.74) is 5.57. The molecule has 2 N–H and O–H groups in total. The minimum atomic E-state index is -0.0467. The Morgan fingerprint density at radius 1 is 1.33 bits per heavy atom. The van der Waals surface area contributed by atoms with Crippen molar-refractivity contribution in [3.8, 4) is 0 Å². The molecule has 4 rings (SSSR count). The van der Waals surface area contributed by atoms with E-state index in [9.17, 15) is 4.79 Å². The van der Waals surface area contributed by atoms with Gasteiger partial charge >= 0.3 is 0 Å². The molecular weight excluding hydrogens is 300 g/mol. The zero-order valence-electron chi connectivity index (χ0n) is 14.1. The molecule has 2 aliphatic rings. The zero-order chi connectivity index (χ0) is 16.5. The van der Waals surface area contributed by atoms with Crippen molar-refractivity contribution in [1.82, 2.24) is 15.5 Å². The minimum Gasteiger partial charge on any atom is -0.367 e. The Kier molecular flexibility index (Phi) is 4.00. The lowest BCUT2D eigenvalue weighted by Crippen LogP contribution is -2.38. The first kappa shape index (κ1) is 15.2. The van der Waals surface area contributed by atoms with Gasteiger partial charge in [0.25, 0.3) is 5.91 Å². The van der Waals surface area contributed by atoms with E-state index in [0.29, 0.717) is 18.3 Å². The van der Waals surface area contributed by atoms with E-state index >= 15 is 0 Å². The third-order valence-electron chi connectivity index (χ3n) is 5.26. The number of carbonyl (C=O) groups excluding carboxylic acids is 1. The summed E-state index contributed by atoms with van der Waals surface area (Å²) in [5, 5.41) is 10.3. The fourth-order valence-electron chi connectivity index (χ4n) is 4.01. The molecule has 24 heavy (non-hydrogen) atoms. The van der Waals surface area contributed by atoms with Gasteiger partial charge in [0, 0.05) is 36.1 Å². The van der Waals surface area contributed by atoms with Crippen LogP contribution in [-0.4, -0.2) is 35.2 Å². The van der Waals surface area contributed by atoms with E-state index in [1.54, 1.807) is 0 Å². The summed E-state index contributed by atoms with van der Waals surface area (Å²) < 4.78 is 0. The molecule has 0 radical (unpaired) electrons. The first-order valence-electron chi connectivity index (χ1n) is 8.93. The second kappa shape index (κ2) is 6.30. The van der Waals surface area contributed by atoms with Gasteiger partial charge < -0.3 is 10.2 Å². The molecule has 0 bridgehead atoms. The number of aromatic nitrogens is 2. The van der Waals surface area contributed by atoms with Crippen LogP contribution >= 0.6 is 0 Å². The third kappa shape index (κ3) is 2.68. The van der Waals surface area contributed by atoms with Gasteiger partial charge in [-0.15, -0.1) is 0 Å². The number of nitrogens with zero attached hydrogens (tertiary/aromatic N) is 2. The van der Waals surface area contributed by atoms with Crippen LogP contribution in [0.15, 0.2) is 24.3 Å². The molecule has 0 unspecified atom stereocenters. The third-order valence-corrected chi connectivity index (χ3v) is 5.26. The van der Waals surface area contributed by atoms with Gasteiger partial charge in [0.2, 0.25) is 0 Å². The van der Waals surface area contributed by atoms with Gasteiger partial charge in [-0.3, -0.25) is 9.89 Å². The zero-order valence-corrected chi connectivity index (χ0v) is 14.1. The van der Waals surface area contributed by atoms with E-state index in [0.717, 1.165) is 43.5 Å². The smallest absolute Gasteiger partial charge is 0.272 e. The molecule has 1 aliphatic heterocycles. The van der Waals surface area contributed by atoms with Crippen molar-refractivity contribution in [1.29, 1.82) is 0 Å². The monoisotopic (exact) mass is 324 g/mol. The largest absolute Gasteiger partial charge is 0.367 e. The number of nitrogens with one attached hydrogen (secondary N) is 2. The number of para-hydroxylation sites is 1. The summed E-state index contributed by atoms with van der Waals surface area (Å²) in [6.45, 7) is 3.71. The van der Waals surface area contributed by atoms with Crippen molar-refractivity contribution in [2.75, 3.05) is 18.0 Å². The van der Waals surface area contributed by atoms with Gasteiger partial charge in [0.15, 0.2) is 5.69 Å². The maximum Gasteiger partial charge on any atom is 0.272 e. The number of rotatable bonds is 4. The second-order valence-electron chi connectivity index (χ2n) is 6.87. The lowest BCUT2D eigenvalue weighted by atomic mass is 9.96. The van der Waals surface area contributed by atoms with Gasteiger partial charge in [-0.2, -0.15) is 5.10 Å². The molecule has 0 spiro atoms. The fourth-order valence-corrected chi connectivity index (χ4v) is 4.01. The number of carbonyl (C=O) groups is 1. The normalized spacial score (nSPS) is 19.0. The maximum atomic E-state index is 12.5. The molecule has 0 fully saturated rings. The van der Waals surface area contributed by atoms with Crippen LogP contribution in [0, 0.1) is 0 Å². The Labute approximate surface area is 142 Å². The summed E-state index contributed by atoms with van der Waals surface area (Å²) in [6, 6.07) is 9.03. The Morgan fingerprint density at radius 2 is 2.17 bits per heavy atom. The van der Waals surface area contributed by atoms with Gasteiger partial charge in [-0.25, -0.2) is 0 Å². The molecule has 0 saturated heterocycles. The molecule has 1 aromatic carbocycles. The number of amides is 1. The Bertz CT molecular complexity index is 752. The summed E-state index contributed by atoms with van der Waals surface area (Å²) in [4.78, 5) is 14.9. The topological polar surface area (TPSA) is 61.0 Å². The second-order valence-corrected chi connectivity index (χ2v) is 6.87. The van der Waals surface area contributed by atoms with E-state index < -0.39 is 0 Å². The lowest BCUT2D eigenvalue weighted by molar-refractivity contribution is 0.0948. The van der Waals surface area contributed by atoms with Crippen molar-refractivity contribution in [3.63, 3.8) is 0 Å². The molecule has 1 atom stereocenters. The average molecular weight is 324 g/mol. The molecule has 126 valence electrons. The van der Waals surface area contributed by atoms with E-state index in [-0.39, 0.29) is 5.91 Å². The van der Waals surface area contributed by atoms with Crippen molar-refractivity contribution < 1.29 is 4.79 Å². The van der Waals surface area contributed by atoms with Crippen LogP contribution in [-0.2, 0) is 19.3 Å². The van der Waals surface area contributed by atoms with Crippen molar-refractivity contribution >= 4 is 11.6 Å². The molecule has 0 saturated carbocycles. The van der Waals surface area contributed by atoms with Gasteiger partial charge in [0.05, 0.1) is 0 Å². The van der Waals surface area contributed by atoms with Crippen LogP contribution in [0.3, 0.4) is 0 Å². The molecular formula is C19H24N4O. The van der Waals surface area contributed by atoms with E-state index in [1.807, 2.05) is 0 Å². The lowest BCUT2D eigenvalue weighted by Gasteiger charge is -2.25. The van der Waals surface area contributed by atoms with Crippen molar-refractivity contribution in [3.05, 3.63) is 46.8 Å². The Balaban J connectivity index is 1.38. The quantitative estimate of drug-likeness (QED) is 0.908. The molecule has 1 aliphatic carbocycles. The summed E-state index contributed by atoms with van der Waals surface area (Å²) in [5.74, 6) is -0.0467. The SMILES string of the molecule is C[C@H]1Cc2ccccc2N1CCNC(=O)c1n[nH]c2c1CCCC2. The van der Waals surface area contributed by atoms with Crippen LogP contribution in [0.2, 0.25) is 0 Å². The highest BCUT2D eigenvalue weighted by molar-refractivity contribution is 5.94. The highest BCUT2D eigenvalue weighted by Gasteiger charge is 2.26. The fraction of sp³-hybridized carbons (Fsp3) is 0.474. The number of aromatic amines is 1. The number of benzene rings is 1. The van der Waals surface area contributed by atoms with Crippen molar-refractivity contribution in [2.24, 2.45) is 0 Å². The summed E-state index contributed by atoms with van der Waals surface area (Å²) in [6.07, 6.45) is 5.39. The average Bonchev–Trinajstić information content (AvgIpc) is 3.16. The van der Waals surface area contributed by atoms with Crippen LogP contribution in [0.1, 0.15) is 47.1 Å². The maximum absolute atomic E-state index is 12.5. The number of hydrogen-bond donors (Lipinski definition) is 2. The molecule has 5 heteroatoms. The summed E-state index contributed by atoms with van der Waals surface area (Å²) in [7, 11) is 0. The molecule has 1 aromatic heterocycles. The van der Waals surface area contributed by atoms with Crippen LogP contribution in [0.25, 0.3) is 0 Å². The molecule has 2 heterocycles. The number of hydrogen-bond acceptors (Lipinski definition) is 3. The molecule has 2 aromatic rings. The standard InChI is InChI=1S/C19H24N4O/c1-13-12-14-6-2-5-9-17(14)23(13)11-10-20-19(24)18-15-7-3-4-8-16(15)21-22-18/h2,5-6,9,13H,3-4,7-8,10-12H2,1H3,(H,20,24)(H,21,22)/t13-/m0/s1. The van der Waals surface area contributed by atoms with E-state index in [4.69, 9.17) is 0 Å². The summed E-state index contributed by atoms with van der Waals surface area (Å²) >= 11 is 0. The predicted octanol–water partition coefficient (Wildman–Crippen LogP) is 2.47. The van der Waals surface area contributed by atoms with Crippen LogP contribution in [0.4, 0.5) is 5.69 Å². The minimum absolute atomic E-state index is 0.0467. The first-order chi connectivity index (χ1) is 11.7. The Hall–Kier alpha value is -2.30. The van der Waals surface area contributed by atoms with E-state index in [2.05, 4.69) is 51.6 Å². The van der Waals surface area contributed by atoms with Crippen molar-refractivity contribution in [2.45, 2.75) is 45.1 Å². The van der Waals surface area contributed by atoms with Gasteiger partial charge in [-0.05, 0) is 50.7 Å². The van der Waals surface area contributed by atoms with Gasteiger partial charge in [-0.1, -0.05) is 18.2 Å². The number of H-pyrrole nitrogens is 1. The highest BCUT2D eigenvalue weighted by atomic mass is 16.1. The number of fused-ring (bicyclic) bond motifs is 2. The predicted molar refractivity (Wildman–Crippen MR) is 94.5 cm³/mol. The number of aryl methyl sites for hydroxylation is 1. The van der Waals surface area contributed by atoms with Gasteiger partial charge in [0.1, 0.15) is 0 Å². The van der Waals surface area contributed by atoms with Crippen LogP contribution < -0.4 is 10.2 Å². The highest BCUT2D eigenvalue weighted by Crippen LogP contribution is 2.31. The molecule has 5 nitrogen and oxygen atoms in total. The Morgan fingerprint density at radius 3 is 3.08 bits per heavy atom. The van der Waals surface area contributed by atoms with Crippen LogP contribution in [0.5, 0.6) is 0 Å². The van der Waals surface area contributed by atoms with E-state index in [1.165, 1.54) is 17.7 Å². The molecule has 1 amide bonds. The first-order valence-corrected chi connectivity index (χ1v) is 8.93. The number of anilines is 1.